The third-order valence-electron chi connectivity index (χ3n) is 14.5. The average Bonchev–Trinajstić information content (AvgIpc) is 3.41. The number of ether oxygens (including phenoxy) is 1. The van der Waals surface area contributed by atoms with Gasteiger partial charge in [0.05, 0.1) is 6.10 Å². The molecular weight excluding hydrogens is 683 g/mol. The Labute approximate surface area is 305 Å². The van der Waals surface area contributed by atoms with Gasteiger partial charge in [-0.1, -0.05) is 142 Å². The number of hydrogen-bond acceptors (Lipinski definition) is 1. The van der Waals surface area contributed by atoms with Crippen molar-refractivity contribution < 1.29 is 4.74 Å². The Bertz CT molecular complexity index is 1120. The number of halogens is 1. The number of benzene rings is 1. The second-order valence-electron chi connectivity index (χ2n) is 17.9. The van der Waals surface area contributed by atoms with Crippen LogP contribution in [-0.4, -0.2) is 12.7 Å². The Kier molecular flexibility index (Phi) is 14.3. The van der Waals surface area contributed by atoms with Gasteiger partial charge >= 0.3 is 0 Å². The minimum Gasteiger partial charge on any atom is -0.378 e. The van der Waals surface area contributed by atoms with Gasteiger partial charge in [0.25, 0.3) is 0 Å². The zero-order valence-electron chi connectivity index (χ0n) is 31.6. The number of hydrogen-bond donors (Lipinski definition) is 0. The highest BCUT2D eigenvalue weighted by atomic mass is 127. The molecular formula is C45H73IO. The van der Waals surface area contributed by atoms with Crippen molar-refractivity contribution in [3.8, 4) is 0 Å². The summed E-state index contributed by atoms with van der Waals surface area (Å²) in [7, 11) is 0. The van der Waals surface area contributed by atoms with Crippen molar-refractivity contribution in [3.05, 3.63) is 45.0 Å². The summed E-state index contributed by atoms with van der Waals surface area (Å²) < 4.78 is 8.03. The van der Waals surface area contributed by atoms with Crippen LogP contribution in [0, 0.1) is 49.9 Å². The van der Waals surface area contributed by atoms with E-state index in [0.29, 0.717) is 22.9 Å². The lowest BCUT2D eigenvalue weighted by Crippen LogP contribution is -2.54. The maximum absolute atomic E-state index is 6.62. The largest absolute Gasteiger partial charge is 0.378 e. The molecule has 4 aliphatic carbocycles. The summed E-state index contributed by atoms with van der Waals surface area (Å²) in [6.45, 7) is 16.2. The molecule has 0 amide bonds. The Balaban J connectivity index is 1.22. The molecule has 1 aromatic rings. The Morgan fingerprint density at radius 1 is 0.851 bits per heavy atom. The van der Waals surface area contributed by atoms with Crippen LogP contribution in [0.3, 0.4) is 0 Å². The van der Waals surface area contributed by atoms with Crippen LogP contribution in [0.2, 0.25) is 0 Å². The molecule has 4 aliphatic rings. The molecule has 0 heterocycles. The second kappa shape index (κ2) is 17.7. The van der Waals surface area contributed by atoms with E-state index in [0.717, 1.165) is 42.1 Å². The highest BCUT2D eigenvalue weighted by Crippen LogP contribution is 2.71. The molecule has 0 radical (unpaired) electrons. The molecule has 0 aliphatic heterocycles. The molecule has 0 N–H and O–H groups in total. The minimum absolute atomic E-state index is 0.363. The molecule has 0 bridgehead atoms. The number of allylic oxidation sites excluding steroid dienone is 1. The SMILES string of the molecule is CCCCCCCCCCCCOC1CC[C@@]2(C)C(=CCC3C4CC[C@H]([C@H](C)CCCC(C)C)[C@@]4(C)C(c4cccc(I)c4)CC32)C1. The van der Waals surface area contributed by atoms with Gasteiger partial charge in [0.2, 0.25) is 0 Å². The van der Waals surface area contributed by atoms with Crippen LogP contribution in [0.25, 0.3) is 0 Å². The molecule has 1 aromatic carbocycles. The molecule has 5 rings (SSSR count). The summed E-state index contributed by atoms with van der Waals surface area (Å²) in [6, 6.07) is 9.72. The molecule has 9 atom stereocenters. The summed E-state index contributed by atoms with van der Waals surface area (Å²) >= 11 is 2.57. The first-order valence-corrected chi connectivity index (χ1v) is 21.8. The third kappa shape index (κ3) is 8.94. The van der Waals surface area contributed by atoms with Crippen molar-refractivity contribution in [1.29, 1.82) is 0 Å². The standard InChI is InChI=1S/C45H73IO/c1-7-8-9-10-11-12-13-14-15-16-29-47-38-27-28-44(5)36(31-38)23-24-39-41-26-25-40(34(4)20-17-19-33(2)3)45(41,6)42(32-43(39)44)35-21-18-22-37(46)30-35/h18,21-23,30,33-34,38-43H,7-17,19-20,24-29,31-32H2,1-6H3/t34-,38?,39?,40-,41?,42?,43?,44+,45-/m1/s1. The van der Waals surface area contributed by atoms with Crippen LogP contribution in [0.5, 0.6) is 0 Å². The third-order valence-corrected chi connectivity index (χ3v) is 15.2. The van der Waals surface area contributed by atoms with E-state index >= 15 is 0 Å². The highest BCUT2D eigenvalue weighted by molar-refractivity contribution is 14.1. The second-order valence-corrected chi connectivity index (χ2v) is 19.1. The van der Waals surface area contributed by atoms with Gasteiger partial charge in [-0.2, -0.15) is 0 Å². The molecule has 0 spiro atoms. The van der Waals surface area contributed by atoms with E-state index in [9.17, 15) is 0 Å². The first-order valence-electron chi connectivity index (χ1n) is 20.7. The van der Waals surface area contributed by atoms with Crippen molar-refractivity contribution >= 4 is 22.6 Å². The van der Waals surface area contributed by atoms with Crippen LogP contribution in [0.15, 0.2) is 35.9 Å². The fourth-order valence-corrected chi connectivity index (χ4v) is 12.4. The zero-order chi connectivity index (χ0) is 33.4. The van der Waals surface area contributed by atoms with Crippen LogP contribution in [0.1, 0.15) is 181 Å². The normalized spacial score (nSPS) is 34.1. The summed E-state index contributed by atoms with van der Waals surface area (Å²) in [4.78, 5) is 0. The van der Waals surface area contributed by atoms with Gasteiger partial charge in [-0.15, -0.1) is 0 Å². The van der Waals surface area contributed by atoms with Crippen LogP contribution < -0.4 is 0 Å². The summed E-state index contributed by atoms with van der Waals surface area (Å²) in [6.07, 6.45) is 30.8. The van der Waals surface area contributed by atoms with Crippen LogP contribution in [0.4, 0.5) is 0 Å². The van der Waals surface area contributed by atoms with Gasteiger partial charge in [0, 0.05) is 10.2 Å². The summed E-state index contributed by atoms with van der Waals surface area (Å²) in [5, 5.41) is 0. The predicted molar refractivity (Wildman–Crippen MR) is 212 cm³/mol. The van der Waals surface area contributed by atoms with Gasteiger partial charge in [-0.3, -0.25) is 0 Å². The molecule has 0 saturated heterocycles. The smallest absolute Gasteiger partial charge is 0.0612 e. The quantitative estimate of drug-likeness (QED) is 0.0823. The summed E-state index contributed by atoms with van der Waals surface area (Å²) in [5.41, 5.74) is 4.21. The van der Waals surface area contributed by atoms with E-state index in [4.69, 9.17) is 4.74 Å². The van der Waals surface area contributed by atoms with E-state index < -0.39 is 0 Å². The van der Waals surface area contributed by atoms with E-state index in [1.807, 2.05) is 0 Å². The van der Waals surface area contributed by atoms with Crippen molar-refractivity contribution in [2.24, 2.45) is 46.3 Å². The van der Waals surface area contributed by atoms with Gasteiger partial charge in [0.1, 0.15) is 0 Å². The molecule has 2 heteroatoms. The molecule has 0 aromatic heterocycles. The minimum atomic E-state index is 0.363. The lowest BCUT2D eigenvalue weighted by molar-refractivity contribution is -0.0779. The molecule has 1 nitrogen and oxygen atoms in total. The molecule has 47 heavy (non-hydrogen) atoms. The average molecular weight is 757 g/mol. The monoisotopic (exact) mass is 756 g/mol. The fourth-order valence-electron chi connectivity index (χ4n) is 11.8. The molecule has 3 fully saturated rings. The van der Waals surface area contributed by atoms with Gasteiger partial charge in [-0.05, 0) is 144 Å². The van der Waals surface area contributed by atoms with Gasteiger partial charge in [0.15, 0.2) is 0 Å². The fraction of sp³-hybridized carbons (Fsp3) is 0.822. The molecule has 5 unspecified atom stereocenters. The van der Waals surface area contributed by atoms with Crippen LogP contribution in [-0.2, 0) is 4.74 Å². The Morgan fingerprint density at radius 2 is 1.57 bits per heavy atom. The van der Waals surface area contributed by atoms with Crippen molar-refractivity contribution in [2.45, 2.75) is 182 Å². The van der Waals surface area contributed by atoms with E-state index in [1.54, 1.807) is 11.1 Å². The number of unbranched alkanes of at least 4 members (excludes halogenated alkanes) is 9. The van der Waals surface area contributed by atoms with Gasteiger partial charge < -0.3 is 4.74 Å². The lowest BCUT2D eigenvalue weighted by Gasteiger charge is -2.61. The van der Waals surface area contributed by atoms with Crippen molar-refractivity contribution in [2.75, 3.05) is 6.61 Å². The van der Waals surface area contributed by atoms with Crippen LogP contribution >= 0.6 is 22.6 Å². The first kappa shape index (κ1) is 37.9. The lowest BCUT2D eigenvalue weighted by atomic mass is 9.43. The highest BCUT2D eigenvalue weighted by Gasteiger charge is 2.62. The Morgan fingerprint density at radius 3 is 2.28 bits per heavy atom. The van der Waals surface area contributed by atoms with E-state index in [-0.39, 0.29) is 0 Å². The maximum Gasteiger partial charge on any atom is 0.0612 e. The summed E-state index contributed by atoms with van der Waals surface area (Å²) in [5.74, 6) is 5.75. The maximum atomic E-state index is 6.62. The first-order chi connectivity index (χ1) is 22.7. The Hall–Kier alpha value is -0.350. The molecule has 266 valence electrons. The van der Waals surface area contributed by atoms with Crippen molar-refractivity contribution in [1.82, 2.24) is 0 Å². The van der Waals surface area contributed by atoms with Crippen molar-refractivity contribution in [3.63, 3.8) is 0 Å². The zero-order valence-corrected chi connectivity index (χ0v) is 33.8. The van der Waals surface area contributed by atoms with Gasteiger partial charge in [-0.25, -0.2) is 0 Å². The number of fused-ring (bicyclic) bond motifs is 5. The topological polar surface area (TPSA) is 9.23 Å². The number of rotatable bonds is 18. The van der Waals surface area contributed by atoms with E-state index in [1.165, 1.54) is 132 Å². The van der Waals surface area contributed by atoms with E-state index in [2.05, 4.69) is 94.5 Å². The molecule has 3 saturated carbocycles. The predicted octanol–water partition coefficient (Wildman–Crippen LogP) is 14.3.